The molecule has 2 aliphatic rings. The third-order valence-corrected chi connectivity index (χ3v) is 14.6. The molecule has 4 aromatic carbocycles. The predicted molar refractivity (Wildman–Crippen MR) is 268 cm³/mol. The minimum Gasteiger partial charge on any atom is -0.497 e. The van der Waals surface area contributed by atoms with Crippen molar-refractivity contribution in [2.75, 3.05) is 60.8 Å². The highest BCUT2D eigenvalue weighted by molar-refractivity contribution is 7.44. The number of likely N-dealkylation sites (N-methyl/N-ethyl adjacent to an activating group) is 1. The van der Waals surface area contributed by atoms with Crippen molar-refractivity contribution >= 4 is 20.3 Å². The maximum atomic E-state index is 13.9. The number of aromatic nitrogens is 2. The summed E-state index contributed by atoms with van der Waals surface area (Å²) in [6.07, 6.45) is -2.71. The number of imide groups is 1. The number of carbonyl (C=O) groups is 2. The molecule has 1 unspecified atom stereocenters. The van der Waals surface area contributed by atoms with Gasteiger partial charge in [0.2, 0.25) is 0 Å². The van der Waals surface area contributed by atoms with Crippen molar-refractivity contribution in [3.05, 3.63) is 164 Å². The van der Waals surface area contributed by atoms with E-state index in [4.69, 9.17) is 37.6 Å². The van der Waals surface area contributed by atoms with Crippen LogP contribution in [0.4, 0.5) is 0 Å². The molecule has 1 aromatic heterocycles. The number of ether oxygens (including phenoxy) is 5. The van der Waals surface area contributed by atoms with Crippen LogP contribution in [-0.4, -0.2) is 127 Å². The SMILES string of the molecule is COc1ccc(C(OC[C@H]2O[C@@H](n3cc(C)c(=O)[nH]c3=O)[C@H](OCCON(C)CCN3C(=O)c4ccccc4C3=O)[C@@H]2OP(OCCC#N)N(C(C)C)C(C)C)(c2ccccc2)c2ccc(OC)cc2)cc1. The minimum absolute atomic E-state index is 0.00111. The average molecular weight is 1010 g/mol. The second-order valence-corrected chi connectivity index (χ2v) is 19.2. The van der Waals surface area contributed by atoms with Crippen LogP contribution in [0.2, 0.25) is 0 Å². The molecule has 0 aliphatic carbocycles. The smallest absolute Gasteiger partial charge is 0.330 e. The fourth-order valence-corrected chi connectivity index (χ4v) is 10.7. The number of methoxy groups -OCH3 is 2. The summed E-state index contributed by atoms with van der Waals surface area (Å²) in [6.45, 7) is 9.85. The molecule has 0 bridgehead atoms. The zero-order chi connectivity index (χ0) is 51.5. The van der Waals surface area contributed by atoms with Gasteiger partial charge in [-0.3, -0.25) is 33.7 Å². The van der Waals surface area contributed by atoms with Crippen molar-refractivity contribution in [2.24, 2.45) is 0 Å². The van der Waals surface area contributed by atoms with Crippen LogP contribution in [0.5, 0.6) is 11.5 Å². The quantitative estimate of drug-likeness (QED) is 0.0207. The second kappa shape index (κ2) is 24.5. The van der Waals surface area contributed by atoms with Gasteiger partial charge in [0.05, 0.1) is 64.3 Å². The molecule has 72 heavy (non-hydrogen) atoms. The molecule has 0 spiro atoms. The summed E-state index contributed by atoms with van der Waals surface area (Å²) < 4.78 is 49.2. The lowest BCUT2D eigenvalue weighted by atomic mass is 9.80. The molecule has 1 N–H and O–H groups in total. The molecule has 1 fully saturated rings. The van der Waals surface area contributed by atoms with Gasteiger partial charge in [-0.25, -0.2) is 9.46 Å². The van der Waals surface area contributed by atoms with Gasteiger partial charge in [-0.1, -0.05) is 66.7 Å². The number of nitrogens with one attached hydrogen (secondary N) is 1. The van der Waals surface area contributed by atoms with Gasteiger partial charge in [-0.2, -0.15) is 10.3 Å². The number of aromatic amines is 1. The Hall–Kier alpha value is -6.10. The van der Waals surface area contributed by atoms with E-state index in [2.05, 4.69) is 15.7 Å². The molecule has 0 radical (unpaired) electrons. The number of hydroxylamine groups is 2. The highest BCUT2D eigenvalue weighted by Crippen LogP contribution is 2.51. The number of fused-ring (bicyclic) bond motifs is 1. The van der Waals surface area contributed by atoms with Crippen LogP contribution in [0.25, 0.3) is 0 Å². The molecule has 382 valence electrons. The second-order valence-electron chi connectivity index (χ2n) is 17.8. The maximum Gasteiger partial charge on any atom is 0.330 e. The monoisotopic (exact) mass is 1010 g/mol. The van der Waals surface area contributed by atoms with E-state index in [1.165, 1.54) is 20.7 Å². The van der Waals surface area contributed by atoms with Crippen LogP contribution in [0.1, 0.15) is 83.3 Å². The predicted octanol–water partition coefficient (Wildman–Crippen LogP) is 6.97. The first kappa shape index (κ1) is 53.7. The number of rotatable bonds is 25. The molecule has 5 aromatic rings. The van der Waals surface area contributed by atoms with E-state index in [1.54, 1.807) is 52.5 Å². The first-order chi connectivity index (χ1) is 34.7. The maximum absolute atomic E-state index is 13.9. The summed E-state index contributed by atoms with van der Waals surface area (Å²) in [5.41, 5.74) is 0.743. The average Bonchev–Trinajstić information content (AvgIpc) is 3.84. The number of hydrogen-bond donors (Lipinski definition) is 1. The Morgan fingerprint density at radius 2 is 1.35 bits per heavy atom. The number of nitriles is 1. The van der Waals surface area contributed by atoms with Crippen LogP contribution in [0.15, 0.2) is 119 Å². The zero-order valence-electron chi connectivity index (χ0n) is 41.9. The van der Waals surface area contributed by atoms with Gasteiger partial charge in [0.1, 0.15) is 35.4 Å². The number of benzene rings is 4. The van der Waals surface area contributed by atoms with Crippen molar-refractivity contribution in [2.45, 2.75) is 83.3 Å². The van der Waals surface area contributed by atoms with Gasteiger partial charge in [-0.15, -0.1) is 0 Å². The van der Waals surface area contributed by atoms with Crippen LogP contribution in [0, 0.1) is 18.3 Å². The summed E-state index contributed by atoms with van der Waals surface area (Å²) in [7, 11) is 2.95. The third kappa shape index (κ3) is 11.9. The number of amides is 2. The molecule has 1 saturated heterocycles. The highest BCUT2D eigenvalue weighted by Gasteiger charge is 2.52. The molecule has 3 heterocycles. The molecule has 19 heteroatoms. The number of aryl methyl sites for hydroxylation is 1. The number of H-pyrrole nitrogens is 1. The van der Waals surface area contributed by atoms with Crippen molar-refractivity contribution in [1.29, 1.82) is 5.26 Å². The third-order valence-electron chi connectivity index (χ3n) is 12.4. The van der Waals surface area contributed by atoms with Crippen LogP contribution in [0.3, 0.4) is 0 Å². The standard InChI is InChI=1S/C53H63N6O12P/c1-35(2)59(36(3)4)72(69-30-14-27-54)71-46-45(34-67-53(38-15-10-9-11-16-38,39-19-23-41(64-7)24-20-39)40-21-25-42(65-8)26-22-40)70-51(58-33-37(5)48(60)55-52(58)63)47(46)66-31-32-68-56(6)28-29-57-49(61)43-17-12-13-18-44(43)50(57)62/h9-13,15-26,33,35-36,45-47,51H,14,28-32,34H2,1-8H3,(H,55,60,63)/t45-,46-,47-,51-,72?/m1/s1. The van der Waals surface area contributed by atoms with Gasteiger partial charge in [-0.05, 0) is 87.7 Å². The van der Waals surface area contributed by atoms with Crippen molar-refractivity contribution in [3.8, 4) is 17.6 Å². The summed E-state index contributed by atoms with van der Waals surface area (Å²) >= 11 is 0. The fourth-order valence-electron chi connectivity index (χ4n) is 8.95. The molecule has 2 aliphatic heterocycles. The Kier molecular flexibility index (Phi) is 18.3. The lowest BCUT2D eigenvalue weighted by Crippen LogP contribution is -2.44. The van der Waals surface area contributed by atoms with E-state index in [9.17, 15) is 24.4 Å². The van der Waals surface area contributed by atoms with E-state index in [0.29, 0.717) is 22.6 Å². The summed E-state index contributed by atoms with van der Waals surface area (Å²) in [6, 6.07) is 33.7. The van der Waals surface area contributed by atoms with Crippen LogP contribution >= 0.6 is 8.53 Å². The molecular formula is C53H63N6O12P. The van der Waals surface area contributed by atoms with Gasteiger partial charge in [0, 0.05) is 44.0 Å². The molecule has 2 amide bonds. The van der Waals surface area contributed by atoms with Crippen molar-refractivity contribution in [1.82, 2.24) is 24.2 Å². The number of hydrogen-bond acceptors (Lipinski definition) is 15. The highest BCUT2D eigenvalue weighted by atomic mass is 31.2. The Morgan fingerprint density at radius 1 is 0.778 bits per heavy atom. The van der Waals surface area contributed by atoms with Crippen molar-refractivity contribution < 1.29 is 47.2 Å². The Balaban J connectivity index is 1.26. The molecular weight excluding hydrogens is 944 g/mol. The van der Waals surface area contributed by atoms with E-state index in [1.807, 2.05) is 107 Å². The number of nitrogens with zero attached hydrogens (tertiary/aromatic N) is 5. The first-order valence-electron chi connectivity index (χ1n) is 23.8. The van der Waals surface area contributed by atoms with Gasteiger partial charge in [0.15, 0.2) is 6.23 Å². The van der Waals surface area contributed by atoms with Gasteiger partial charge < -0.3 is 32.7 Å². The minimum atomic E-state index is -1.94. The van der Waals surface area contributed by atoms with Crippen molar-refractivity contribution in [3.63, 3.8) is 0 Å². The van der Waals surface area contributed by atoms with E-state index < -0.39 is 49.9 Å². The summed E-state index contributed by atoms with van der Waals surface area (Å²) in [5.74, 6) is 0.567. The summed E-state index contributed by atoms with van der Waals surface area (Å²) in [4.78, 5) is 62.4. The fraction of sp³-hybridized carbons (Fsp3) is 0.415. The normalized spacial score (nSPS) is 18.3. The summed E-state index contributed by atoms with van der Waals surface area (Å²) in [5, 5.41) is 11.1. The van der Waals surface area contributed by atoms with E-state index in [0.717, 1.165) is 16.7 Å². The van der Waals surface area contributed by atoms with E-state index >= 15 is 0 Å². The molecule has 0 saturated carbocycles. The van der Waals surface area contributed by atoms with E-state index in [-0.39, 0.29) is 75.4 Å². The Morgan fingerprint density at radius 3 is 1.90 bits per heavy atom. The largest absolute Gasteiger partial charge is 0.497 e. The number of carbonyl (C=O) groups excluding carboxylic acids is 2. The van der Waals surface area contributed by atoms with Crippen LogP contribution in [-0.2, 0) is 33.7 Å². The first-order valence-corrected chi connectivity index (χ1v) is 25.0. The zero-order valence-corrected chi connectivity index (χ0v) is 42.8. The lowest BCUT2D eigenvalue weighted by Gasteiger charge is -2.39. The molecule has 5 atom stereocenters. The Labute approximate surface area is 420 Å². The molecule has 7 rings (SSSR count). The molecule has 18 nitrogen and oxygen atoms in total. The van der Waals surface area contributed by atoms with Gasteiger partial charge >= 0.3 is 5.69 Å². The lowest BCUT2D eigenvalue weighted by molar-refractivity contribution is -0.164. The Bertz CT molecular complexity index is 2680. The van der Waals surface area contributed by atoms with Gasteiger partial charge in [0.25, 0.3) is 25.9 Å². The topological polar surface area (TPSA) is 196 Å². The van der Waals surface area contributed by atoms with Crippen LogP contribution < -0.4 is 20.7 Å².